The highest BCUT2D eigenvalue weighted by Crippen LogP contribution is 2.29. The lowest BCUT2D eigenvalue weighted by atomic mass is 9.92. The van der Waals surface area contributed by atoms with Crippen molar-refractivity contribution in [3.63, 3.8) is 0 Å². The minimum Gasteiger partial charge on any atom is -0.446 e. The molecule has 1 aromatic carbocycles. The van der Waals surface area contributed by atoms with Crippen molar-refractivity contribution < 1.29 is 9.21 Å². The number of aromatic nitrogens is 3. The average molecular weight is 489 g/mol. The summed E-state index contributed by atoms with van der Waals surface area (Å²) in [5, 5.41) is 9.45. The van der Waals surface area contributed by atoms with E-state index in [-0.39, 0.29) is 5.91 Å². The molecule has 3 heterocycles. The van der Waals surface area contributed by atoms with Crippen molar-refractivity contribution in [2.75, 3.05) is 18.8 Å². The topological polar surface area (TPSA) is 64.2 Å². The lowest BCUT2D eigenvalue weighted by Gasteiger charge is -2.34. The summed E-state index contributed by atoms with van der Waals surface area (Å²) in [5.41, 5.74) is 1.14. The van der Waals surface area contributed by atoms with Gasteiger partial charge in [-0.05, 0) is 51.9 Å². The maximum atomic E-state index is 12.8. The Labute approximate surface area is 189 Å². The molecule has 30 heavy (non-hydrogen) atoms. The lowest BCUT2D eigenvalue weighted by Crippen LogP contribution is -2.43. The monoisotopic (exact) mass is 488 g/mol. The van der Waals surface area contributed by atoms with E-state index in [0.29, 0.717) is 45.5 Å². The number of likely N-dealkylation sites (tertiary alicyclic amines) is 1. The zero-order valence-electron chi connectivity index (χ0n) is 17.1. The molecule has 1 amide bonds. The Kier molecular flexibility index (Phi) is 6.63. The van der Waals surface area contributed by atoms with Gasteiger partial charge in [0.2, 0.25) is 11.7 Å². The summed E-state index contributed by atoms with van der Waals surface area (Å²) in [4.78, 5) is 14.8. The highest BCUT2D eigenvalue weighted by Gasteiger charge is 2.26. The predicted octanol–water partition coefficient (Wildman–Crippen LogP) is 4.95. The molecular weight excluding hydrogens is 464 g/mol. The number of piperidine rings is 1. The van der Waals surface area contributed by atoms with Crippen LogP contribution in [-0.2, 0) is 11.3 Å². The van der Waals surface area contributed by atoms with Crippen molar-refractivity contribution in [3.8, 4) is 11.6 Å². The molecule has 0 saturated carbocycles. The molecule has 6 nitrogen and oxygen atoms in total. The number of amides is 1. The van der Waals surface area contributed by atoms with Crippen LogP contribution in [0.15, 0.2) is 56.7 Å². The van der Waals surface area contributed by atoms with Crippen LogP contribution in [-0.4, -0.2) is 44.4 Å². The molecule has 0 aliphatic carbocycles. The molecular formula is C22H25BrN4O2S. The van der Waals surface area contributed by atoms with Crippen LogP contribution in [0.2, 0.25) is 0 Å². The maximum Gasteiger partial charge on any atom is 0.233 e. The first-order valence-corrected chi connectivity index (χ1v) is 11.9. The third kappa shape index (κ3) is 4.98. The first kappa shape index (κ1) is 21.2. The summed E-state index contributed by atoms with van der Waals surface area (Å²) in [6.07, 6.45) is 1.18. The zero-order valence-corrected chi connectivity index (χ0v) is 19.5. The molecule has 0 bridgehead atoms. The third-order valence-electron chi connectivity index (χ3n) is 5.24. The van der Waals surface area contributed by atoms with Crippen molar-refractivity contribution in [2.24, 2.45) is 11.8 Å². The fourth-order valence-corrected chi connectivity index (χ4v) is 5.15. The van der Waals surface area contributed by atoms with E-state index in [1.807, 2.05) is 39.8 Å². The molecule has 0 N–H and O–H groups in total. The standard InChI is InChI=1S/C22H25BrN4O2S/c1-15-10-16(2)12-26(11-15)20(28)14-30-22-25-24-21(18-8-9-19(23)29-18)27(22)13-17-6-4-3-5-7-17/h3-9,15-16H,10-14H2,1-2H3/t15-,16+. The van der Waals surface area contributed by atoms with E-state index < -0.39 is 0 Å². The van der Waals surface area contributed by atoms with Gasteiger partial charge in [-0.2, -0.15) is 0 Å². The number of hydrogen-bond donors (Lipinski definition) is 0. The van der Waals surface area contributed by atoms with Gasteiger partial charge in [0, 0.05) is 13.1 Å². The smallest absolute Gasteiger partial charge is 0.233 e. The summed E-state index contributed by atoms with van der Waals surface area (Å²) in [5.74, 6) is 2.91. The first-order valence-electron chi connectivity index (χ1n) is 10.1. The molecule has 8 heteroatoms. The molecule has 1 saturated heterocycles. The fourth-order valence-electron chi connectivity index (χ4n) is 4.00. The van der Waals surface area contributed by atoms with E-state index in [2.05, 4.69) is 52.1 Å². The van der Waals surface area contributed by atoms with Crippen molar-refractivity contribution in [3.05, 3.63) is 52.7 Å². The number of carbonyl (C=O) groups is 1. The number of nitrogens with zero attached hydrogens (tertiary/aromatic N) is 4. The third-order valence-corrected chi connectivity index (χ3v) is 6.62. The minimum absolute atomic E-state index is 0.162. The van der Waals surface area contributed by atoms with Gasteiger partial charge in [-0.15, -0.1) is 10.2 Å². The Morgan fingerprint density at radius 3 is 2.53 bits per heavy atom. The highest BCUT2D eigenvalue weighted by atomic mass is 79.9. The number of benzene rings is 1. The summed E-state index contributed by atoms with van der Waals surface area (Å²) >= 11 is 4.79. The van der Waals surface area contributed by atoms with Gasteiger partial charge in [-0.1, -0.05) is 55.9 Å². The largest absolute Gasteiger partial charge is 0.446 e. The Morgan fingerprint density at radius 1 is 1.13 bits per heavy atom. The van der Waals surface area contributed by atoms with E-state index in [1.54, 1.807) is 0 Å². The van der Waals surface area contributed by atoms with E-state index in [1.165, 1.54) is 18.2 Å². The number of furan rings is 1. The molecule has 4 rings (SSSR count). The van der Waals surface area contributed by atoms with Crippen LogP contribution in [0.1, 0.15) is 25.8 Å². The summed E-state index contributed by atoms with van der Waals surface area (Å²) in [6, 6.07) is 13.9. The van der Waals surface area contributed by atoms with Crippen molar-refractivity contribution in [2.45, 2.75) is 32.0 Å². The van der Waals surface area contributed by atoms with Crippen LogP contribution in [0.3, 0.4) is 0 Å². The quantitative estimate of drug-likeness (QED) is 0.459. The van der Waals surface area contributed by atoms with Crippen molar-refractivity contribution in [1.29, 1.82) is 0 Å². The number of thioether (sulfide) groups is 1. The van der Waals surface area contributed by atoms with Gasteiger partial charge in [0.25, 0.3) is 0 Å². The van der Waals surface area contributed by atoms with E-state index in [4.69, 9.17) is 4.42 Å². The normalized spacial score (nSPS) is 19.2. The SMILES string of the molecule is C[C@@H]1C[C@H](C)CN(C(=O)CSc2nnc(-c3ccc(Br)o3)n2Cc2ccccc2)C1. The van der Waals surface area contributed by atoms with Crippen molar-refractivity contribution >= 4 is 33.6 Å². The summed E-state index contributed by atoms with van der Waals surface area (Å²) in [7, 11) is 0. The Balaban J connectivity index is 1.53. The Bertz CT molecular complexity index is 994. The number of hydrogen-bond acceptors (Lipinski definition) is 5. The molecule has 2 atom stereocenters. The zero-order chi connectivity index (χ0) is 21.1. The van der Waals surface area contributed by atoms with Crippen LogP contribution >= 0.6 is 27.7 Å². The number of carbonyl (C=O) groups excluding carboxylic acids is 1. The molecule has 1 aliphatic rings. The number of halogens is 1. The molecule has 2 aromatic heterocycles. The van der Waals surface area contributed by atoms with Crippen molar-refractivity contribution in [1.82, 2.24) is 19.7 Å². The average Bonchev–Trinajstić information content (AvgIpc) is 3.32. The predicted molar refractivity (Wildman–Crippen MR) is 121 cm³/mol. The second kappa shape index (κ2) is 9.39. The van der Waals surface area contributed by atoms with Gasteiger partial charge in [0.15, 0.2) is 15.6 Å². The second-order valence-corrected chi connectivity index (χ2v) is 9.74. The molecule has 3 aromatic rings. The molecule has 0 unspecified atom stereocenters. The highest BCUT2D eigenvalue weighted by molar-refractivity contribution is 9.10. The second-order valence-electron chi connectivity index (χ2n) is 8.02. The van der Waals surface area contributed by atoms with Gasteiger partial charge < -0.3 is 9.32 Å². The molecule has 1 fully saturated rings. The Hall–Kier alpha value is -2.06. The van der Waals surface area contributed by atoms with Crippen LogP contribution in [0.25, 0.3) is 11.6 Å². The molecule has 0 spiro atoms. The fraction of sp³-hybridized carbons (Fsp3) is 0.409. The van der Waals surface area contributed by atoms with Crippen LogP contribution in [0.5, 0.6) is 0 Å². The van der Waals surface area contributed by atoms with Gasteiger partial charge >= 0.3 is 0 Å². The van der Waals surface area contributed by atoms with Crippen LogP contribution in [0.4, 0.5) is 0 Å². The number of rotatable bonds is 6. The van der Waals surface area contributed by atoms with Crippen LogP contribution < -0.4 is 0 Å². The van der Waals surface area contributed by atoms with Gasteiger partial charge in [-0.25, -0.2) is 0 Å². The first-order chi connectivity index (χ1) is 14.5. The molecule has 0 radical (unpaired) electrons. The van der Waals surface area contributed by atoms with E-state index >= 15 is 0 Å². The maximum absolute atomic E-state index is 12.8. The van der Waals surface area contributed by atoms with Crippen LogP contribution in [0, 0.1) is 11.8 Å². The van der Waals surface area contributed by atoms with E-state index in [9.17, 15) is 4.79 Å². The van der Waals surface area contributed by atoms with E-state index in [0.717, 1.165) is 18.7 Å². The Morgan fingerprint density at radius 2 is 1.87 bits per heavy atom. The molecule has 1 aliphatic heterocycles. The van der Waals surface area contributed by atoms with Gasteiger partial charge in [-0.3, -0.25) is 9.36 Å². The van der Waals surface area contributed by atoms with Gasteiger partial charge in [0.05, 0.1) is 12.3 Å². The summed E-state index contributed by atoms with van der Waals surface area (Å²) in [6.45, 7) is 6.72. The minimum atomic E-state index is 0.162. The summed E-state index contributed by atoms with van der Waals surface area (Å²) < 4.78 is 8.37. The lowest BCUT2D eigenvalue weighted by molar-refractivity contribution is -0.130. The molecule has 158 valence electrons. The van der Waals surface area contributed by atoms with Gasteiger partial charge in [0.1, 0.15) is 0 Å².